The van der Waals surface area contributed by atoms with Crippen LogP contribution in [0.4, 0.5) is 0 Å². The summed E-state index contributed by atoms with van der Waals surface area (Å²) in [5.41, 5.74) is 2.58. The lowest BCUT2D eigenvalue weighted by atomic mass is 9.81. The molecule has 5 nitrogen and oxygen atoms in total. The molecule has 0 unspecified atom stereocenters. The number of carbonyl (C=O) groups is 2. The van der Waals surface area contributed by atoms with Gasteiger partial charge < -0.3 is 9.72 Å². The summed E-state index contributed by atoms with van der Waals surface area (Å²) in [5, 5.41) is 0. The van der Waals surface area contributed by atoms with Gasteiger partial charge in [-0.1, -0.05) is 29.8 Å². The number of ether oxygens (including phenoxy) is 1. The predicted octanol–water partition coefficient (Wildman–Crippen LogP) is 2.38. The van der Waals surface area contributed by atoms with Gasteiger partial charge >= 0.3 is 5.97 Å². The van der Waals surface area contributed by atoms with Crippen LogP contribution >= 0.6 is 0 Å². The third kappa shape index (κ3) is 2.82. The first-order chi connectivity index (χ1) is 11.0. The van der Waals surface area contributed by atoms with Crippen molar-refractivity contribution in [2.75, 3.05) is 7.11 Å². The quantitative estimate of drug-likeness (QED) is 0.864. The van der Waals surface area contributed by atoms with Gasteiger partial charge in [0.15, 0.2) is 5.78 Å². The molecule has 2 aromatic rings. The molecule has 0 saturated carbocycles. The van der Waals surface area contributed by atoms with Gasteiger partial charge in [0.2, 0.25) is 0 Å². The lowest BCUT2D eigenvalue weighted by Gasteiger charge is -2.24. The Balaban J connectivity index is 1.99. The number of aromatic amines is 1. The molecular formula is C18H17NO4. The van der Waals surface area contributed by atoms with E-state index < -0.39 is 11.5 Å². The Morgan fingerprint density at radius 1 is 1.17 bits per heavy atom. The number of H-pyrrole nitrogens is 1. The summed E-state index contributed by atoms with van der Waals surface area (Å²) in [5.74, 6) is -0.768. The van der Waals surface area contributed by atoms with Gasteiger partial charge in [-0.25, -0.2) is 4.79 Å². The predicted molar refractivity (Wildman–Crippen MR) is 85.0 cm³/mol. The minimum Gasteiger partial charge on any atom is -0.465 e. The third-order valence-corrected chi connectivity index (χ3v) is 4.26. The number of esters is 1. The number of aromatic nitrogens is 1. The molecule has 1 N–H and O–H groups in total. The Bertz CT molecular complexity index is 833. The van der Waals surface area contributed by atoms with E-state index in [1.165, 1.54) is 13.2 Å². The topological polar surface area (TPSA) is 76.2 Å². The molecule has 0 radical (unpaired) electrons. The van der Waals surface area contributed by atoms with Gasteiger partial charge in [-0.15, -0.1) is 0 Å². The van der Waals surface area contributed by atoms with E-state index >= 15 is 0 Å². The molecule has 5 heteroatoms. The van der Waals surface area contributed by atoms with Crippen molar-refractivity contribution in [1.29, 1.82) is 0 Å². The largest absolute Gasteiger partial charge is 0.465 e. The minimum absolute atomic E-state index is 0.0372. The normalized spacial score (nSPS) is 16.8. The Labute approximate surface area is 133 Å². The summed E-state index contributed by atoms with van der Waals surface area (Å²) in [6.45, 7) is 2.01. The number of methoxy groups -OCH3 is 1. The molecule has 1 aliphatic rings. The fraction of sp³-hybridized carbons (Fsp3) is 0.278. The number of hydrogen-bond donors (Lipinski definition) is 1. The van der Waals surface area contributed by atoms with Crippen LogP contribution in [-0.4, -0.2) is 23.8 Å². The molecule has 0 amide bonds. The van der Waals surface area contributed by atoms with Crippen LogP contribution in [0.5, 0.6) is 0 Å². The van der Waals surface area contributed by atoms with Crippen LogP contribution < -0.4 is 5.56 Å². The maximum atomic E-state index is 12.4. The number of aryl methyl sites for hydroxylation is 1. The van der Waals surface area contributed by atoms with Gasteiger partial charge in [0.25, 0.3) is 5.56 Å². The third-order valence-electron chi connectivity index (χ3n) is 4.26. The van der Waals surface area contributed by atoms with Gasteiger partial charge in [0.05, 0.1) is 7.11 Å². The summed E-state index contributed by atoms with van der Waals surface area (Å²) in [4.78, 5) is 38.7. The van der Waals surface area contributed by atoms with Crippen LogP contribution in [0.3, 0.4) is 0 Å². The number of benzene rings is 1. The summed E-state index contributed by atoms with van der Waals surface area (Å²) in [6, 6.07) is 9.41. The van der Waals surface area contributed by atoms with Crippen molar-refractivity contribution in [2.24, 2.45) is 0 Å². The van der Waals surface area contributed by atoms with Crippen molar-refractivity contribution in [1.82, 2.24) is 4.98 Å². The SMILES string of the molecule is COC(=O)c1cc2c([nH]c1=O)C[C@H](c1ccc(C)cc1)CC2=O. The van der Waals surface area contributed by atoms with E-state index in [0.717, 1.165) is 11.1 Å². The molecule has 1 heterocycles. The van der Waals surface area contributed by atoms with E-state index in [-0.39, 0.29) is 17.3 Å². The van der Waals surface area contributed by atoms with Crippen LogP contribution in [0.15, 0.2) is 35.1 Å². The van der Waals surface area contributed by atoms with E-state index in [9.17, 15) is 14.4 Å². The molecule has 0 aliphatic heterocycles. The van der Waals surface area contributed by atoms with E-state index in [1.54, 1.807) is 0 Å². The average molecular weight is 311 g/mol. The van der Waals surface area contributed by atoms with Gasteiger partial charge in [-0.2, -0.15) is 0 Å². The zero-order chi connectivity index (χ0) is 16.6. The number of fused-ring (bicyclic) bond motifs is 1. The summed E-state index contributed by atoms with van der Waals surface area (Å²) < 4.78 is 4.57. The van der Waals surface area contributed by atoms with Crippen molar-refractivity contribution in [3.8, 4) is 0 Å². The molecule has 118 valence electrons. The van der Waals surface area contributed by atoms with Gasteiger partial charge in [0, 0.05) is 17.7 Å². The second-order valence-electron chi connectivity index (χ2n) is 5.83. The molecular weight excluding hydrogens is 294 g/mol. The Hall–Kier alpha value is -2.69. The molecule has 0 saturated heterocycles. The first-order valence-electron chi connectivity index (χ1n) is 7.44. The van der Waals surface area contributed by atoms with Crippen LogP contribution in [0.25, 0.3) is 0 Å². The molecule has 3 rings (SSSR count). The molecule has 23 heavy (non-hydrogen) atoms. The first kappa shape index (κ1) is 15.2. The van der Waals surface area contributed by atoms with Crippen molar-refractivity contribution in [3.63, 3.8) is 0 Å². The molecule has 1 aromatic heterocycles. The Kier molecular flexibility index (Phi) is 3.86. The maximum absolute atomic E-state index is 12.4. The molecule has 0 bridgehead atoms. The van der Waals surface area contributed by atoms with Crippen molar-refractivity contribution >= 4 is 11.8 Å². The summed E-state index contributed by atoms with van der Waals surface area (Å²) in [7, 11) is 1.20. The Morgan fingerprint density at radius 3 is 2.52 bits per heavy atom. The zero-order valence-corrected chi connectivity index (χ0v) is 13.0. The highest BCUT2D eigenvalue weighted by molar-refractivity contribution is 6.01. The maximum Gasteiger partial charge on any atom is 0.343 e. The number of nitrogens with one attached hydrogen (secondary N) is 1. The lowest BCUT2D eigenvalue weighted by molar-refractivity contribution is 0.0598. The van der Waals surface area contributed by atoms with E-state index in [2.05, 4.69) is 9.72 Å². The smallest absolute Gasteiger partial charge is 0.343 e. The second-order valence-corrected chi connectivity index (χ2v) is 5.83. The summed E-state index contributed by atoms with van der Waals surface area (Å²) >= 11 is 0. The molecule has 0 fully saturated rings. The van der Waals surface area contributed by atoms with Crippen molar-refractivity contribution in [3.05, 3.63) is 68.6 Å². The highest BCUT2D eigenvalue weighted by Gasteiger charge is 2.28. The number of hydrogen-bond acceptors (Lipinski definition) is 4. The fourth-order valence-corrected chi connectivity index (χ4v) is 2.97. The van der Waals surface area contributed by atoms with E-state index in [1.807, 2.05) is 31.2 Å². The molecule has 1 atom stereocenters. The lowest BCUT2D eigenvalue weighted by Crippen LogP contribution is -2.27. The van der Waals surface area contributed by atoms with Gasteiger partial charge in [-0.05, 0) is 30.9 Å². The van der Waals surface area contributed by atoms with E-state index in [0.29, 0.717) is 24.1 Å². The number of carbonyl (C=O) groups excluding carboxylic acids is 2. The highest BCUT2D eigenvalue weighted by atomic mass is 16.5. The van der Waals surface area contributed by atoms with Gasteiger partial charge in [0.1, 0.15) is 5.56 Å². The minimum atomic E-state index is -0.734. The van der Waals surface area contributed by atoms with E-state index in [4.69, 9.17) is 0 Å². The number of rotatable bonds is 2. The molecule has 1 aromatic carbocycles. The van der Waals surface area contributed by atoms with Crippen LogP contribution in [-0.2, 0) is 11.2 Å². The summed E-state index contributed by atoms with van der Waals surface area (Å²) in [6.07, 6.45) is 0.934. The fourth-order valence-electron chi connectivity index (χ4n) is 2.97. The molecule has 1 aliphatic carbocycles. The average Bonchev–Trinajstić information content (AvgIpc) is 2.54. The second kappa shape index (κ2) is 5.83. The molecule has 0 spiro atoms. The number of pyridine rings is 1. The standard InChI is InChI=1S/C18H17NO4/c1-10-3-5-11(6-4-10)12-7-15-13(16(20)8-12)9-14(17(21)19-15)18(22)23-2/h3-6,9,12H,7-8H2,1-2H3,(H,19,21)/t12-/m0/s1. The van der Waals surface area contributed by atoms with Crippen LogP contribution in [0.2, 0.25) is 0 Å². The first-order valence-corrected chi connectivity index (χ1v) is 7.44. The van der Waals surface area contributed by atoms with Crippen molar-refractivity contribution in [2.45, 2.75) is 25.7 Å². The van der Waals surface area contributed by atoms with Crippen LogP contribution in [0.1, 0.15) is 49.9 Å². The van der Waals surface area contributed by atoms with Gasteiger partial charge in [-0.3, -0.25) is 9.59 Å². The van der Waals surface area contributed by atoms with Crippen molar-refractivity contribution < 1.29 is 14.3 Å². The zero-order valence-electron chi connectivity index (χ0n) is 13.0. The Morgan fingerprint density at radius 2 is 1.87 bits per heavy atom. The highest BCUT2D eigenvalue weighted by Crippen LogP contribution is 2.31. The number of ketones is 1. The van der Waals surface area contributed by atoms with Crippen LogP contribution in [0, 0.1) is 6.92 Å². The number of Topliss-reactive ketones (excluding diaryl/α,β-unsaturated/α-hetero) is 1. The monoisotopic (exact) mass is 311 g/mol.